The molecule has 1 aromatic heterocycles. The van der Waals surface area contributed by atoms with Gasteiger partial charge in [0.15, 0.2) is 5.82 Å². The maximum Gasteiger partial charge on any atom is 0.573 e. The fourth-order valence-electron chi connectivity index (χ4n) is 2.40. The molecule has 0 atom stereocenters. The summed E-state index contributed by atoms with van der Waals surface area (Å²) in [5.74, 6) is 0.463. The molecule has 0 amide bonds. The summed E-state index contributed by atoms with van der Waals surface area (Å²) in [5, 5.41) is 4.50. The molecule has 0 spiro atoms. The molecule has 1 aliphatic heterocycles. The number of morpholine rings is 1. The predicted octanol–water partition coefficient (Wildman–Crippen LogP) is 2.87. The lowest BCUT2D eigenvalue weighted by atomic mass is 10.2. The molecule has 0 radical (unpaired) electrons. The third-order valence-corrected chi connectivity index (χ3v) is 3.78. The van der Waals surface area contributed by atoms with E-state index in [0.29, 0.717) is 32.3 Å². The molecule has 24 heavy (non-hydrogen) atoms. The molecule has 0 unspecified atom stereocenters. The van der Waals surface area contributed by atoms with Crippen LogP contribution in [0.5, 0.6) is 5.75 Å². The minimum Gasteiger partial charge on any atom is -0.406 e. The molecule has 0 saturated carbocycles. The lowest BCUT2D eigenvalue weighted by Crippen LogP contribution is -2.37. The van der Waals surface area contributed by atoms with Gasteiger partial charge in [0.05, 0.1) is 18.2 Å². The monoisotopic (exact) mass is 362 g/mol. The summed E-state index contributed by atoms with van der Waals surface area (Å²) in [7, 11) is 1.71. The van der Waals surface area contributed by atoms with Gasteiger partial charge in [-0.15, -0.1) is 18.3 Å². The van der Waals surface area contributed by atoms with Crippen molar-refractivity contribution in [3.8, 4) is 17.1 Å². The Labute approximate surface area is 140 Å². The normalized spacial score (nSPS) is 15.6. The van der Waals surface area contributed by atoms with E-state index in [-0.39, 0.29) is 22.2 Å². The van der Waals surface area contributed by atoms with E-state index in [1.807, 2.05) is 4.90 Å². The van der Waals surface area contributed by atoms with Crippen LogP contribution in [0.4, 0.5) is 19.1 Å². The first-order valence-electron chi connectivity index (χ1n) is 7.13. The summed E-state index contributed by atoms with van der Waals surface area (Å²) in [5.41, 5.74) is 0.272. The zero-order valence-corrected chi connectivity index (χ0v) is 13.4. The third-order valence-electron chi connectivity index (χ3n) is 3.45. The molecule has 2 aromatic rings. The molecule has 1 aliphatic rings. The van der Waals surface area contributed by atoms with Crippen molar-refractivity contribution < 1.29 is 22.6 Å². The van der Waals surface area contributed by atoms with Crippen LogP contribution < -0.4 is 9.64 Å². The maximum atomic E-state index is 12.4. The average molecular weight is 363 g/mol. The zero-order valence-electron chi connectivity index (χ0n) is 12.7. The highest BCUT2D eigenvalue weighted by Gasteiger charge is 2.31. The molecular formula is C14H14ClF3N4O2. The highest BCUT2D eigenvalue weighted by atomic mass is 35.5. The molecule has 130 valence electrons. The second-order valence-corrected chi connectivity index (χ2v) is 5.56. The van der Waals surface area contributed by atoms with Gasteiger partial charge in [-0.05, 0) is 18.2 Å². The van der Waals surface area contributed by atoms with Crippen LogP contribution in [-0.2, 0) is 11.8 Å². The van der Waals surface area contributed by atoms with Crippen LogP contribution in [0.15, 0.2) is 18.2 Å². The van der Waals surface area contributed by atoms with Crippen molar-refractivity contribution in [2.75, 3.05) is 31.2 Å². The number of nitrogens with zero attached hydrogens (tertiary/aromatic N) is 4. The van der Waals surface area contributed by atoms with E-state index in [1.54, 1.807) is 11.7 Å². The van der Waals surface area contributed by atoms with Gasteiger partial charge in [-0.3, -0.25) is 0 Å². The van der Waals surface area contributed by atoms with Crippen LogP contribution in [0.1, 0.15) is 0 Å². The molecule has 0 N–H and O–H groups in total. The van der Waals surface area contributed by atoms with Gasteiger partial charge in [-0.25, -0.2) is 4.68 Å². The summed E-state index contributed by atoms with van der Waals surface area (Å²) in [6.45, 7) is 2.49. The highest BCUT2D eigenvalue weighted by Crippen LogP contribution is 2.33. The number of aryl methyl sites for hydroxylation is 1. The standard InChI is InChI=1S/C14H14ClF3N4O2/c1-21-13(22-4-6-23-7-5-22)19-12(20-21)10-8-9(2-3-11(10)15)24-14(16,17)18/h2-3,8H,4-7H2,1H3. The highest BCUT2D eigenvalue weighted by molar-refractivity contribution is 6.33. The second kappa shape index (κ2) is 6.48. The molecular weight excluding hydrogens is 349 g/mol. The van der Waals surface area contributed by atoms with Crippen LogP contribution in [0.3, 0.4) is 0 Å². The van der Waals surface area contributed by atoms with E-state index >= 15 is 0 Å². The molecule has 6 nitrogen and oxygen atoms in total. The Morgan fingerprint density at radius 3 is 2.62 bits per heavy atom. The van der Waals surface area contributed by atoms with Gasteiger partial charge in [0, 0.05) is 25.7 Å². The lowest BCUT2D eigenvalue weighted by molar-refractivity contribution is -0.274. The van der Waals surface area contributed by atoms with E-state index < -0.39 is 6.36 Å². The molecule has 3 rings (SSSR count). The number of hydrogen-bond acceptors (Lipinski definition) is 5. The van der Waals surface area contributed by atoms with Crippen molar-refractivity contribution in [3.05, 3.63) is 23.2 Å². The van der Waals surface area contributed by atoms with Crippen LogP contribution in [0.2, 0.25) is 5.02 Å². The van der Waals surface area contributed by atoms with Gasteiger partial charge in [0.2, 0.25) is 5.95 Å². The SMILES string of the molecule is Cn1nc(-c2cc(OC(F)(F)F)ccc2Cl)nc1N1CCOCC1. The van der Waals surface area contributed by atoms with Crippen molar-refractivity contribution in [2.24, 2.45) is 7.05 Å². The van der Waals surface area contributed by atoms with Crippen LogP contribution in [0, 0.1) is 0 Å². The molecule has 0 aliphatic carbocycles. The lowest BCUT2D eigenvalue weighted by Gasteiger charge is -2.26. The molecule has 1 saturated heterocycles. The van der Waals surface area contributed by atoms with Gasteiger partial charge >= 0.3 is 6.36 Å². The number of hydrogen-bond donors (Lipinski definition) is 0. The Morgan fingerprint density at radius 1 is 1.25 bits per heavy atom. The van der Waals surface area contributed by atoms with Crippen molar-refractivity contribution in [2.45, 2.75) is 6.36 Å². The van der Waals surface area contributed by atoms with Gasteiger partial charge in [-0.2, -0.15) is 4.98 Å². The summed E-state index contributed by atoms with van der Waals surface area (Å²) in [6, 6.07) is 3.64. The Kier molecular flexibility index (Phi) is 4.55. The predicted molar refractivity (Wildman–Crippen MR) is 81.2 cm³/mol. The molecule has 1 fully saturated rings. The fourth-order valence-corrected chi connectivity index (χ4v) is 2.60. The maximum absolute atomic E-state index is 12.4. The number of ether oxygens (including phenoxy) is 2. The van der Waals surface area contributed by atoms with Gasteiger partial charge in [-0.1, -0.05) is 11.6 Å². The summed E-state index contributed by atoms with van der Waals surface area (Å²) < 4.78 is 47.9. The Morgan fingerprint density at radius 2 is 1.96 bits per heavy atom. The zero-order chi connectivity index (χ0) is 17.3. The minimum atomic E-state index is -4.78. The van der Waals surface area contributed by atoms with Gasteiger partial charge < -0.3 is 14.4 Å². The molecule has 2 heterocycles. The van der Waals surface area contributed by atoms with E-state index in [2.05, 4.69) is 14.8 Å². The van der Waals surface area contributed by atoms with Crippen molar-refractivity contribution in [1.82, 2.24) is 14.8 Å². The summed E-state index contributed by atoms with van der Waals surface area (Å²) >= 11 is 6.09. The van der Waals surface area contributed by atoms with Gasteiger partial charge in [0.1, 0.15) is 5.75 Å². The number of aromatic nitrogens is 3. The second-order valence-electron chi connectivity index (χ2n) is 5.15. The van der Waals surface area contributed by atoms with Crippen LogP contribution >= 0.6 is 11.6 Å². The first-order chi connectivity index (χ1) is 11.3. The van der Waals surface area contributed by atoms with E-state index in [9.17, 15) is 13.2 Å². The quantitative estimate of drug-likeness (QED) is 0.840. The Hall–Kier alpha value is -2.00. The van der Waals surface area contributed by atoms with Crippen molar-refractivity contribution in [1.29, 1.82) is 0 Å². The molecule has 1 aromatic carbocycles. The first kappa shape index (κ1) is 16.8. The third kappa shape index (κ3) is 3.73. The minimum absolute atomic E-state index is 0.233. The Balaban J connectivity index is 1.92. The number of benzene rings is 1. The largest absolute Gasteiger partial charge is 0.573 e. The van der Waals surface area contributed by atoms with Crippen LogP contribution in [-0.4, -0.2) is 47.4 Å². The van der Waals surface area contributed by atoms with Crippen molar-refractivity contribution >= 4 is 17.5 Å². The van der Waals surface area contributed by atoms with Crippen molar-refractivity contribution in [3.63, 3.8) is 0 Å². The Bertz CT molecular complexity index is 729. The first-order valence-corrected chi connectivity index (χ1v) is 7.51. The number of halogens is 4. The number of alkyl halides is 3. The molecule has 0 bridgehead atoms. The summed E-state index contributed by atoms with van der Waals surface area (Å²) in [4.78, 5) is 6.39. The smallest absolute Gasteiger partial charge is 0.406 e. The number of anilines is 1. The van der Waals surface area contributed by atoms with E-state index in [0.717, 1.165) is 6.07 Å². The topological polar surface area (TPSA) is 52.4 Å². The number of rotatable bonds is 3. The van der Waals surface area contributed by atoms with E-state index in [1.165, 1.54) is 12.1 Å². The fraction of sp³-hybridized carbons (Fsp3) is 0.429. The van der Waals surface area contributed by atoms with E-state index in [4.69, 9.17) is 16.3 Å². The summed E-state index contributed by atoms with van der Waals surface area (Å²) in [6.07, 6.45) is -4.78. The average Bonchev–Trinajstić information content (AvgIpc) is 2.90. The molecule has 10 heteroatoms. The van der Waals surface area contributed by atoms with Gasteiger partial charge in [0.25, 0.3) is 0 Å². The van der Waals surface area contributed by atoms with Crippen LogP contribution in [0.25, 0.3) is 11.4 Å².